The van der Waals surface area contributed by atoms with Crippen molar-refractivity contribution in [1.82, 2.24) is 14.9 Å². The van der Waals surface area contributed by atoms with Crippen molar-refractivity contribution in [3.05, 3.63) is 62.5 Å². The van der Waals surface area contributed by atoms with E-state index in [0.29, 0.717) is 18.8 Å². The van der Waals surface area contributed by atoms with Crippen LogP contribution < -0.4 is 11.0 Å². The summed E-state index contributed by atoms with van der Waals surface area (Å²) in [6.45, 7) is 10.5. The van der Waals surface area contributed by atoms with Gasteiger partial charge in [-0.2, -0.15) is 4.98 Å². The molecule has 2 aromatic heterocycles. The van der Waals surface area contributed by atoms with Crippen LogP contribution in [0.25, 0.3) is 11.0 Å². The molecule has 0 unspecified atom stereocenters. The van der Waals surface area contributed by atoms with Crippen LogP contribution in [0.4, 0.5) is 0 Å². The van der Waals surface area contributed by atoms with E-state index in [4.69, 9.17) is 4.42 Å². The van der Waals surface area contributed by atoms with Crippen LogP contribution in [0, 0.1) is 34.6 Å². The minimum atomic E-state index is -0.288. The van der Waals surface area contributed by atoms with Gasteiger partial charge in [0.2, 0.25) is 5.91 Å². The lowest BCUT2D eigenvalue weighted by atomic mass is 9.99. The highest BCUT2D eigenvalue weighted by Gasteiger charge is 2.15. The Bertz CT molecular complexity index is 1080. The molecule has 3 aromatic rings. The first kappa shape index (κ1) is 18.9. The van der Waals surface area contributed by atoms with E-state index in [0.717, 1.165) is 33.4 Å². The Balaban J connectivity index is 1.68. The average molecular weight is 367 g/mol. The molecule has 142 valence electrons. The number of nitrogens with zero attached hydrogens (tertiary/aromatic N) is 2. The van der Waals surface area contributed by atoms with Crippen LogP contribution in [0.5, 0.6) is 0 Å². The smallest absolute Gasteiger partial charge is 0.348 e. The van der Waals surface area contributed by atoms with Gasteiger partial charge in [0, 0.05) is 35.4 Å². The molecule has 1 aromatic carbocycles. The number of amides is 1. The lowest BCUT2D eigenvalue weighted by Crippen LogP contribution is -2.33. The molecule has 1 amide bonds. The molecule has 6 heteroatoms. The van der Waals surface area contributed by atoms with Crippen LogP contribution in [-0.2, 0) is 17.8 Å². The molecule has 0 atom stereocenters. The zero-order chi connectivity index (χ0) is 19.7. The van der Waals surface area contributed by atoms with Gasteiger partial charge in [0.05, 0.1) is 12.7 Å². The van der Waals surface area contributed by atoms with Crippen LogP contribution >= 0.6 is 0 Å². The predicted octanol–water partition coefficient (Wildman–Crippen LogP) is 2.89. The maximum absolute atomic E-state index is 12.4. The summed E-state index contributed by atoms with van der Waals surface area (Å²) in [7, 11) is 0. The molecule has 0 saturated carbocycles. The first-order valence-electron chi connectivity index (χ1n) is 9.06. The second-order valence-corrected chi connectivity index (χ2v) is 7.10. The van der Waals surface area contributed by atoms with Crippen LogP contribution in [0.15, 0.2) is 27.6 Å². The van der Waals surface area contributed by atoms with Crippen molar-refractivity contribution in [2.75, 3.05) is 6.54 Å². The molecular weight excluding hydrogens is 342 g/mol. The normalized spacial score (nSPS) is 11.1. The van der Waals surface area contributed by atoms with Crippen LogP contribution in [0.1, 0.15) is 33.6 Å². The number of carbonyl (C=O) groups is 1. The monoisotopic (exact) mass is 367 g/mol. The van der Waals surface area contributed by atoms with Gasteiger partial charge in [-0.1, -0.05) is 6.07 Å². The highest BCUT2D eigenvalue weighted by atomic mass is 16.3. The second kappa shape index (κ2) is 7.39. The van der Waals surface area contributed by atoms with Gasteiger partial charge in [0.1, 0.15) is 5.58 Å². The van der Waals surface area contributed by atoms with E-state index >= 15 is 0 Å². The fourth-order valence-corrected chi connectivity index (χ4v) is 3.51. The minimum Gasteiger partial charge on any atom is -0.464 e. The lowest BCUT2D eigenvalue weighted by molar-refractivity contribution is -0.120. The first-order chi connectivity index (χ1) is 12.8. The number of benzene rings is 1. The van der Waals surface area contributed by atoms with Crippen molar-refractivity contribution in [2.24, 2.45) is 0 Å². The van der Waals surface area contributed by atoms with Crippen molar-refractivity contribution < 1.29 is 9.21 Å². The number of aromatic nitrogens is 2. The molecule has 1 N–H and O–H groups in total. The molecule has 0 fully saturated rings. The number of hydrogen-bond acceptors (Lipinski definition) is 4. The summed E-state index contributed by atoms with van der Waals surface area (Å²) in [4.78, 5) is 28.3. The van der Waals surface area contributed by atoms with Crippen molar-refractivity contribution in [3.8, 4) is 0 Å². The molecule has 2 heterocycles. The number of fused-ring (bicyclic) bond motifs is 1. The molecule has 0 bridgehead atoms. The maximum atomic E-state index is 12.4. The Labute approximate surface area is 158 Å². The molecule has 0 spiro atoms. The van der Waals surface area contributed by atoms with Crippen LogP contribution in [0.2, 0.25) is 0 Å². The lowest BCUT2D eigenvalue weighted by Gasteiger charge is -2.10. The first-order valence-corrected chi connectivity index (χ1v) is 9.06. The summed E-state index contributed by atoms with van der Waals surface area (Å²) in [5.41, 5.74) is 6.37. The minimum absolute atomic E-state index is 0.0962. The van der Waals surface area contributed by atoms with Gasteiger partial charge in [-0.3, -0.25) is 9.36 Å². The molecule has 27 heavy (non-hydrogen) atoms. The van der Waals surface area contributed by atoms with Crippen molar-refractivity contribution in [2.45, 2.75) is 47.6 Å². The van der Waals surface area contributed by atoms with Gasteiger partial charge in [0.25, 0.3) is 0 Å². The summed E-state index contributed by atoms with van der Waals surface area (Å²) < 4.78 is 7.29. The fourth-order valence-electron chi connectivity index (χ4n) is 3.51. The van der Waals surface area contributed by atoms with E-state index in [1.54, 1.807) is 17.8 Å². The number of carbonyl (C=O) groups excluding carboxylic acids is 1. The van der Waals surface area contributed by atoms with Gasteiger partial charge in [0.15, 0.2) is 0 Å². The van der Waals surface area contributed by atoms with Gasteiger partial charge in [-0.15, -0.1) is 0 Å². The van der Waals surface area contributed by atoms with Crippen LogP contribution in [0.3, 0.4) is 0 Å². The summed E-state index contributed by atoms with van der Waals surface area (Å²) in [6, 6.07) is 3.97. The Kier molecular flexibility index (Phi) is 5.17. The molecule has 6 nitrogen and oxygen atoms in total. The number of furan rings is 1. The SMILES string of the molecule is Cc1cc(C)n(CCNC(=O)Cc2coc3c(C)c(C)cc(C)c23)c(=O)n1. The molecular formula is C21H25N3O3. The van der Waals surface area contributed by atoms with Gasteiger partial charge >= 0.3 is 5.69 Å². The van der Waals surface area contributed by atoms with E-state index in [-0.39, 0.29) is 18.0 Å². The summed E-state index contributed by atoms with van der Waals surface area (Å²) in [5, 5.41) is 3.90. The Morgan fingerprint density at radius 3 is 2.59 bits per heavy atom. The summed E-state index contributed by atoms with van der Waals surface area (Å²) >= 11 is 0. The van der Waals surface area contributed by atoms with Gasteiger partial charge in [-0.25, -0.2) is 4.79 Å². The predicted molar refractivity (Wildman–Crippen MR) is 105 cm³/mol. The van der Waals surface area contributed by atoms with E-state index in [9.17, 15) is 9.59 Å². The zero-order valence-corrected chi connectivity index (χ0v) is 16.5. The van der Waals surface area contributed by atoms with Crippen molar-refractivity contribution in [3.63, 3.8) is 0 Å². The zero-order valence-electron chi connectivity index (χ0n) is 16.5. The summed E-state index contributed by atoms with van der Waals surface area (Å²) in [6.07, 6.45) is 1.92. The molecule has 0 aliphatic rings. The van der Waals surface area contributed by atoms with Crippen LogP contribution in [-0.4, -0.2) is 22.0 Å². The average Bonchev–Trinajstić information content (AvgIpc) is 2.99. The number of hydrogen-bond donors (Lipinski definition) is 1. The Hall–Kier alpha value is -2.89. The third-order valence-corrected chi connectivity index (χ3v) is 4.98. The van der Waals surface area contributed by atoms with Gasteiger partial charge < -0.3 is 9.73 Å². The Morgan fingerprint density at radius 1 is 1.15 bits per heavy atom. The molecule has 0 aliphatic carbocycles. The topological polar surface area (TPSA) is 77.1 Å². The maximum Gasteiger partial charge on any atom is 0.348 e. The Morgan fingerprint density at radius 2 is 1.89 bits per heavy atom. The molecule has 0 radical (unpaired) electrons. The standard InChI is InChI=1S/C21H25N3O3/c1-12-8-13(2)19-17(11-27-20(19)16(12)5)10-18(25)22-6-7-24-15(4)9-14(3)23-21(24)26/h8-9,11H,6-7,10H2,1-5H3,(H,22,25). The number of nitrogens with one attached hydrogen (secondary N) is 1. The third kappa shape index (κ3) is 3.79. The number of aryl methyl sites for hydroxylation is 5. The fraction of sp³-hybridized carbons (Fsp3) is 0.381. The van der Waals surface area contributed by atoms with Crippen molar-refractivity contribution >= 4 is 16.9 Å². The molecule has 0 saturated heterocycles. The second-order valence-electron chi connectivity index (χ2n) is 7.10. The van der Waals surface area contributed by atoms with E-state index in [1.807, 2.05) is 26.8 Å². The molecule has 0 aliphatic heterocycles. The van der Waals surface area contributed by atoms with E-state index in [1.165, 1.54) is 5.56 Å². The van der Waals surface area contributed by atoms with E-state index in [2.05, 4.69) is 23.3 Å². The number of rotatable bonds is 5. The molecule has 3 rings (SSSR count). The largest absolute Gasteiger partial charge is 0.464 e. The van der Waals surface area contributed by atoms with Crippen molar-refractivity contribution in [1.29, 1.82) is 0 Å². The third-order valence-electron chi connectivity index (χ3n) is 4.98. The highest BCUT2D eigenvalue weighted by Crippen LogP contribution is 2.30. The van der Waals surface area contributed by atoms with E-state index < -0.39 is 0 Å². The highest BCUT2D eigenvalue weighted by molar-refractivity contribution is 5.91. The summed E-state index contributed by atoms with van der Waals surface area (Å²) in [5.74, 6) is -0.0962. The van der Waals surface area contributed by atoms with Gasteiger partial charge in [-0.05, 0) is 57.4 Å². The quantitative estimate of drug-likeness (QED) is 0.752.